The molecule has 5 rings (SSSR count). The minimum atomic E-state index is -1.14. The highest BCUT2D eigenvalue weighted by molar-refractivity contribution is 7.22. The summed E-state index contributed by atoms with van der Waals surface area (Å²) in [6.45, 7) is 1.31. The highest BCUT2D eigenvalue weighted by Crippen LogP contribution is 2.38. The second-order valence-electron chi connectivity index (χ2n) is 7.97. The molecule has 3 N–H and O–H groups in total. The van der Waals surface area contributed by atoms with Crippen LogP contribution in [0.3, 0.4) is 0 Å². The van der Waals surface area contributed by atoms with Crippen molar-refractivity contribution >= 4 is 27.5 Å². The second kappa shape index (κ2) is 8.38. The van der Waals surface area contributed by atoms with Gasteiger partial charge >= 0.3 is 0 Å². The molecule has 1 saturated heterocycles. The Morgan fingerprint density at radius 1 is 1.09 bits per heavy atom. The number of carbonyl (C=O) groups is 1. The Morgan fingerprint density at radius 2 is 1.88 bits per heavy atom. The number of amides is 1. The van der Waals surface area contributed by atoms with Gasteiger partial charge in [-0.1, -0.05) is 30.3 Å². The van der Waals surface area contributed by atoms with E-state index >= 15 is 0 Å². The van der Waals surface area contributed by atoms with Crippen molar-refractivity contribution in [3.8, 4) is 10.4 Å². The van der Waals surface area contributed by atoms with Crippen LogP contribution in [0.25, 0.3) is 20.7 Å². The molecule has 7 nitrogen and oxygen atoms in total. The van der Waals surface area contributed by atoms with E-state index in [0.717, 1.165) is 52.2 Å². The molecule has 0 aliphatic carbocycles. The number of fused-ring (bicyclic) bond motifs is 1. The van der Waals surface area contributed by atoms with E-state index in [-0.39, 0.29) is 12.5 Å². The fourth-order valence-corrected chi connectivity index (χ4v) is 5.28. The van der Waals surface area contributed by atoms with Crippen molar-refractivity contribution in [2.45, 2.75) is 18.4 Å². The van der Waals surface area contributed by atoms with Gasteiger partial charge in [0.2, 0.25) is 0 Å². The lowest BCUT2D eigenvalue weighted by Gasteiger charge is -2.27. The molecule has 1 aliphatic rings. The van der Waals surface area contributed by atoms with Gasteiger partial charge < -0.3 is 15.7 Å². The molecule has 1 atom stereocenters. The first kappa shape index (κ1) is 20.7. The minimum Gasteiger partial charge on any atom is -0.394 e. The Bertz CT molecular complexity index is 1250. The molecule has 0 spiro atoms. The molecule has 1 amide bonds. The lowest BCUT2D eigenvalue weighted by Crippen LogP contribution is -2.42. The maximum atomic E-state index is 12.6. The molecule has 8 heteroatoms. The molecule has 32 heavy (non-hydrogen) atoms. The summed E-state index contributed by atoms with van der Waals surface area (Å²) in [5.41, 5.74) is 9.01. The zero-order valence-electron chi connectivity index (χ0n) is 17.4. The van der Waals surface area contributed by atoms with Gasteiger partial charge in [0.1, 0.15) is 17.6 Å². The number of nitrogens with two attached hydrogens (primary N) is 1. The van der Waals surface area contributed by atoms with Gasteiger partial charge in [0.05, 0.1) is 22.5 Å². The van der Waals surface area contributed by atoms with E-state index in [1.54, 1.807) is 12.3 Å². The van der Waals surface area contributed by atoms with E-state index < -0.39 is 5.54 Å². The fourth-order valence-electron chi connectivity index (χ4n) is 4.10. The number of likely N-dealkylation sites (tertiary alicyclic amines) is 1. The van der Waals surface area contributed by atoms with Crippen LogP contribution in [-0.2, 0) is 5.54 Å². The van der Waals surface area contributed by atoms with Crippen LogP contribution in [0.1, 0.15) is 34.6 Å². The molecule has 1 aromatic carbocycles. The van der Waals surface area contributed by atoms with Crippen LogP contribution < -0.4 is 5.73 Å². The highest BCUT2D eigenvalue weighted by Gasteiger charge is 2.33. The van der Waals surface area contributed by atoms with E-state index in [2.05, 4.69) is 15.0 Å². The third kappa shape index (κ3) is 3.56. The van der Waals surface area contributed by atoms with Gasteiger partial charge in [0.25, 0.3) is 5.91 Å². The number of nitrogens with zero attached hydrogens (tertiary/aromatic N) is 4. The smallest absolute Gasteiger partial charge is 0.272 e. The molecule has 1 aliphatic heterocycles. The Hall–Kier alpha value is -3.20. The Balaban J connectivity index is 1.51. The van der Waals surface area contributed by atoms with Crippen molar-refractivity contribution in [2.75, 3.05) is 19.7 Å². The van der Waals surface area contributed by atoms with Crippen molar-refractivity contribution in [1.29, 1.82) is 0 Å². The topological polar surface area (TPSA) is 105 Å². The maximum Gasteiger partial charge on any atom is 0.272 e. The number of carbonyl (C=O) groups excluding carboxylic acids is 1. The van der Waals surface area contributed by atoms with Gasteiger partial charge in [-0.3, -0.25) is 9.78 Å². The maximum absolute atomic E-state index is 12.6. The summed E-state index contributed by atoms with van der Waals surface area (Å²) in [6, 6.07) is 15.1. The van der Waals surface area contributed by atoms with Crippen LogP contribution in [0.15, 0.2) is 61.1 Å². The highest BCUT2D eigenvalue weighted by atomic mass is 32.1. The van der Waals surface area contributed by atoms with Crippen LogP contribution >= 0.6 is 11.3 Å². The predicted octanol–water partition coefficient (Wildman–Crippen LogP) is 3.18. The molecule has 4 aromatic rings. The van der Waals surface area contributed by atoms with Crippen LogP contribution in [0.5, 0.6) is 0 Å². The van der Waals surface area contributed by atoms with E-state index in [0.29, 0.717) is 11.4 Å². The molecular formula is C24H23N5O2S. The standard InChI is InChI=1S/C24H23N5O2S/c25-24(14-30,17-6-2-1-3-7-17)22-21-19(27-15-28-22)12-20(32-21)16-8-9-18(26-13-16)23(31)29-10-4-5-11-29/h1-3,6-9,12-13,15,30H,4-5,10-11,14,25H2/t24-/m0/s1. The molecule has 0 radical (unpaired) electrons. The Morgan fingerprint density at radius 3 is 2.56 bits per heavy atom. The number of thiophene rings is 1. The largest absolute Gasteiger partial charge is 0.394 e. The molecule has 3 aromatic heterocycles. The molecule has 1 fully saturated rings. The molecular weight excluding hydrogens is 422 g/mol. The van der Waals surface area contributed by atoms with Gasteiger partial charge in [-0.05, 0) is 36.6 Å². The van der Waals surface area contributed by atoms with Crippen LogP contribution in [0.2, 0.25) is 0 Å². The van der Waals surface area contributed by atoms with Crippen molar-refractivity contribution in [1.82, 2.24) is 19.9 Å². The number of hydrogen-bond acceptors (Lipinski definition) is 7. The third-order valence-corrected chi connectivity index (χ3v) is 7.11. The number of benzene rings is 1. The Kier molecular flexibility index (Phi) is 5.42. The summed E-state index contributed by atoms with van der Waals surface area (Å²) in [5, 5.41) is 10.2. The third-order valence-electron chi connectivity index (χ3n) is 5.93. The van der Waals surface area contributed by atoms with Crippen LogP contribution in [0.4, 0.5) is 0 Å². The fraction of sp³-hybridized carbons (Fsp3) is 0.250. The number of aliphatic hydroxyl groups excluding tert-OH is 1. The zero-order valence-corrected chi connectivity index (χ0v) is 18.3. The normalized spacial score (nSPS) is 15.8. The SMILES string of the molecule is N[C@@](CO)(c1ccccc1)c1ncnc2cc(-c3ccc(C(=O)N4CCCC4)nc3)sc12. The first-order valence-corrected chi connectivity index (χ1v) is 11.4. The minimum absolute atomic E-state index is 0.0164. The number of hydrogen-bond donors (Lipinski definition) is 2. The van der Waals surface area contributed by atoms with E-state index in [1.807, 2.05) is 47.4 Å². The number of rotatable bonds is 5. The van der Waals surface area contributed by atoms with Crippen molar-refractivity contribution in [3.05, 3.63) is 78.0 Å². The van der Waals surface area contributed by atoms with E-state index in [9.17, 15) is 9.90 Å². The quantitative estimate of drug-likeness (QED) is 0.489. The van der Waals surface area contributed by atoms with Crippen molar-refractivity contribution in [3.63, 3.8) is 0 Å². The monoisotopic (exact) mass is 445 g/mol. The predicted molar refractivity (Wildman–Crippen MR) is 124 cm³/mol. The summed E-state index contributed by atoms with van der Waals surface area (Å²) < 4.78 is 0.820. The zero-order chi connectivity index (χ0) is 22.1. The van der Waals surface area contributed by atoms with Crippen molar-refractivity contribution in [2.24, 2.45) is 5.73 Å². The first-order chi connectivity index (χ1) is 15.6. The van der Waals surface area contributed by atoms with Crippen molar-refractivity contribution < 1.29 is 9.90 Å². The molecule has 162 valence electrons. The van der Waals surface area contributed by atoms with E-state index in [4.69, 9.17) is 5.73 Å². The van der Waals surface area contributed by atoms with Gasteiger partial charge in [0.15, 0.2) is 0 Å². The molecule has 0 bridgehead atoms. The lowest BCUT2D eigenvalue weighted by molar-refractivity contribution is 0.0787. The lowest BCUT2D eigenvalue weighted by atomic mass is 9.88. The average Bonchev–Trinajstić information content (AvgIpc) is 3.54. The number of aliphatic hydroxyl groups is 1. The van der Waals surface area contributed by atoms with Crippen LogP contribution in [0, 0.1) is 0 Å². The first-order valence-electron chi connectivity index (χ1n) is 10.6. The van der Waals surface area contributed by atoms with Crippen LogP contribution in [-0.4, -0.2) is 50.6 Å². The summed E-state index contributed by atoms with van der Waals surface area (Å²) in [5.74, 6) is -0.0164. The number of pyridine rings is 1. The van der Waals surface area contributed by atoms with Gasteiger partial charge in [-0.15, -0.1) is 11.3 Å². The average molecular weight is 446 g/mol. The summed E-state index contributed by atoms with van der Waals surface area (Å²) in [6.07, 6.45) is 5.30. The van der Waals surface area contributed by atoms with E-state index in [1.165, 1.54) is 17.7 Å². The summed E-state index contributed by atoms with van der Waals surface area (Å²) >= 11 is 1.50. The Labute approximate surface area is 189 Å². The molecule has 0 unspecified atom stereocenters. The van der Waals surface area contributed by atoms with Gasteiger partial charge in [-0.25, -0.2) is 9.97 Å². The number of aromatic nitrogens is 3. The summed E-state index contributed by atoms with van der Waals surface area (Å²) in [4.78, 5) is 28.7. The van der Waals surface area contributed by atoms with Gasteiger partial charge in [0, 0.05) is 29.7 Å². The molecule has 4 heterocycles. The summed E-state index contributed by atoms with van der Waals surface area (Å²) in [7, 11) is 0. The molecule has 0 saturated carbocycles. The van der Waals surface area contributed by atoms with Gasteiger partial charge in [-0.2, -0.15) is 0 Å². The second-order valence-corrected chi connectivity index (χ2v) is 9.03.